The number of carbonyl (C=O) groups is 1. The molecule has 1 amide bonds. The first-order valence-electron chi connectivity index (χ1n) is 8.56. The van der Waals surface area contributed by atoms with Gasteiger partial charge in [0.25, 0.3) is 5.91 Å². The lowest BCUT2D eigenvalue weighted by Crippen LogP contribution is -2.29. The summed E-state index contributed by atoms with van der Waals surface area (Å²) in [5, 5.41) is 14.7. The Hall–Kier alpha value is -3.73. The highest BCUT2D eigenvalue weighted by molar-refractivity contribution is 5.95. The highest BCUT2D eigenvalue weighted by Gasteiger charge is 2.22. The van der Waals surface area contributed by atoms with E-state index in [1.54, 1.807) is 36.8 Å². The predicted molar refractivity (Wildman–Crippen MR) is 103 cm³/mol. The molecule has 1 atom stereocenters. The molecule has 132 valence electrons. The molecule has 0 fully saturated rings. The van der Waals surface area contributed by atoms with Crippen LogP contribution in [0.15, 0.2) is 85.3 Å². The highest BCUT2D eigenvalue weighted by atomic mass is 16.3. The van der Waals surface area contributed by atoms with Crippen LogP contribution < -0.4 is 5.32 Å². The maximum Gasteiger partial charge on any atom is 0.252 e. The van der Waals surface area contributed by atoms with E-state index < -0.39 is 6.04 Å². The number of carbonyl (C=O) groups excluding carboxylic acids is 1. The van der Waals surface area contributed by atoms with Gasteiger partial charge in [0, 0.05) is 35.1 Å². The Morgan fingerprint density at radius 2 is 1.74 bits per heavy atom. The lowest BCUT2D eigenvalue weighted by Gasteiger charge is -2.21. The number of amides is 1. The lowest BCUT2D eigenvalue weighted by molar-refractivity contribution is 0.0942. The number of phenols is 1. The number of nitrogens with zero attached hydrogens (tertiary/aromatic N) is 2. The molecule has 0 saturated heterocycles. The standard InChI is InChI=1S/C22H17N3O2/c26-21-18(11-10-15-8-5-13-24-20(15)21)19(17-9-4-12-23-14-17)25-22(27)16-6-2-1-3-7-16/h1-14,19,26H,(H,25,27). The van der Waals surface area contributed by atoms with Crippen molar-refractivity contribution in [3.8, 4) is 5.75 Å². The van der Waals surface area contributed by atoms with Crippen LogP contribution in [0.25, 0.3) is 10.9 Å². The second-order valence-electron chi connectivity index (χ2n) is 6.14. The van der Waals surface area contributed by atoms with Crippen LogP contribution in [0.3, 0.4) is 0 Å². The molecule has 0 aliphatic rings. The van der Waals surface area contributed by atoms with Gasteiger partial charge in [-0.25, -0.2) is 0 Å². The number of benzene rings is 2. The van der Waals surface area contributed by atoms with Crippen molar-refractivity contribution >= 4 is 16.8 Å². The van der Waals surface area contributed by atoms with Crippen LogP contribution in [0.2, 0.25) is 0 Å². The van der Waals surface area contributed by atoms with Gasteiger partial charge in [-0.1, -0.05) is 42.5 Å². The number of fused-ring (bicyclic) bond motifs is 1. The van der Waals surface area contributed by atoms with Crippen LogP contribution in [0.1, 0.15) is 27.5 Å². The lowest BCUT2D eigenvalue weighted by atomic mass is 9.97. The first-order valence-corrected chi connectivity index (χ1v) is 8.56. The molecule has 0 saturated carbocycles. The Bertz CT molecular complexity index is 1080. The van der Waals surface area contributed by atoms with Crippen LogP contribution in [0.5, 0.6) is 5.75 Å². The summed E-state index contributed by atoms with van der Waals surface area (Å²) in [4.78, 5) is 21.2. The summed E-state index contributed by atoms with van der Waals surface area (Å²) in [6.07, 6.45) is 4.98. The molecule has 0 aliphatic heterocycles. The molecule has 5 heteroatoms. The molecule has 0 bridgehead atoms. The van der Waals surface area contributed by atoms with Crippen molar-refractivity contribution in [3.05, 3.63) is 102 Å². The second-order valence-corrected chi connectivity index (χ2v) is 6.14. The summed E-state index contributed by atoms with van der Waals surface area (Å²) in [5.74, 6) is -0.180. The van der Waals surface area contributed by atoms with Gasteiger partial charge in [0.2, 0.25) is 0 Å². The van der Waals surface area contributed by atoms with Crippen LogP contribution in [0.4, 0.5) is 0 Å². The van der Waals surface area contributed by atoms with Crippen molar-refractivity contribution in [2.45, 2.75) is 6.04 Å². The summed E-state index contributed by atoms with van der Waals surface area (Å²) in [5.41, 5.74) is 2.38. The number of rotatable bonds is 4. The van der Waals surface area contributed by atoms with Crippen molar-refractivity contribution in [3.63, 3.8) is 0 Å². The molecular weight excluding hydrogens is 338 g/mol. The first-order chi connectivity index (χ1) is 13.2. The van der Waals surface area contributed by atoms with E-state index in [1.165, 1.54) is 0 Å². The van der Waals surface area contributed by atoms with Gasteiger partial charge >= 0.3 is 0 Å². The van der Waals surface area contributed by atoms with Gasteiger partial charge < -0.3 is 10.4 Å². The van der Waals surface area contributed by atoms with Gasteiger partial charge in [-0.05, 0) is 29.8 Å². The van der Waals surface area contributed by atoms with E-state index >= 15 is 0 Å². The number of aromatic nitrogens is 2. The molecule has 4 aromatic rings. The zero-order valence-electron chi connectivity index (χ0n) is 14.4. The Labute approximate surface area is 156 Å². The van der Waals surface area contributed by atoms with Crippen LogP contribution >= 0.6 is 0 Å². The second kappa shape index (κ2) is 7.25. The van der Waals surface area contributed by atoms with Crippen LogP contribution in [-0.2, 0) is 0 Å². The molecule has 27 heavy (non-hydrogen) atoms. The third-order valence-electron chi connectivity index (χ3n) is 4.42. The summed E-state index contributed by atoms with van der Waals surface area (Å²) >= 11 is 0. The van der Waals surface area contributed by atoms with E-state index in [0.717, 1.165) is 10.9 Å². The first kappa shape index (κ1) is 16.7. The minimum atomic E-state index is -0.558. The Morgan fingerprint density at radius 1 is 0.926 bits per heavy atom. The fourth-order valence-electron chi connectivity index (χ4n) is 3.07. The Balaban J connectivity index is 1.79. The molecule has 2 aromatic carbocycles. The fourth-order valence-corrected chi connectivity index (χ4v) is 3.07. The molecule has 2 aromatic heterocycles. The highest BCUT2D eigenvalue weighted by Crippen LogP contribution is 2.34. The van der Waals surface area contributed by atoms with Gasteiger partial charge in [0.15, 0.2) is 0 Å². The zero-order chi connectivity index (χ0) is 18.6. The van der Waals surface area contributed by atoms with Crippen molar-refractivity contribution in [2.75, 3.05) is 0 Å². The van der Waals surface area contributed by atoms with Gasteiger partial charge in [0.05, 0.1) is 6.04 Å². The zero-order valence-corrected chi connectivity index (χ0v) is 14.4. The summed E-state index contributed by atoms with van der Waals surface area (Å²) in [6.45, 7) is 0. The normalized spacial score (nSPS) is 11.9. The maximum absolute atomic E-state index is 12.7. The minimum absolute atomic E-state index is 0.0512. The molecule has 2 heterocycles. The van der Waals surface area contributed by atoms with Crippen molar-refractivity contribution in [2.24, 2.45) is 0 Å². The molecule has 1 unspecified atom stereocenters. The maximum atomic E-state index is 12.7. The number of hydrogen-bond acceptors (Lipinski definition) is 4. The third kappa shape index (κ3) is 3.35. The minimum Gasteiger partial charge on any atom is -0.505 e. The molecule has 0 spiro atoms. The van der Waals surface area contributed by atoms with Crippen molar-refractivity contribution in [1.82, 2.24) is 15.3 Å². The quantitative estimate of drug-likeness (QED) is 0.583. The average Bonchev–Trinajstić information content (AvgIpc) is 2.74. The van der Waals surface area contributed by atoms with E-state index in [0.29, 0.717) is 16.6 Å². The molecule has 2 N–H and O–H groups in total. The SMILES string of the molecule is O=C(NC(c1cccnc1)c1ccc2cccnc2c1O)c1ccccc1. The van der Waals surface area contributed by atoms with Crippen LogP contribution in [0, 0.1) is 0 Å². The number of pyridine rings is 2. The average molecular weight is 355 g/mol. The van der Waals surface area contributed by atoms with E-state index in [9.17, 15) is 9.90 Å². The molecule has 0 aliphatic carbocycles. The van der Waals surface area contributed by atoms with Crippen molar-refractivity contribution in [1.29, 1.82) is 0 Å². The largest absolute Gasteiger partial charge is 0.505 e. The van der Waals surface area contributed by atoms with E-state index in [2.05, 4.69) is 15.3 Å². The monoisotopic (exact) mass is 355 g/mol. The number of phenolic OH excluding ortho intramolecular Hbond substituents is 1. The molecule has 5 nitrogen and oxygen atoms in total. The molecular formula is C22H17N3O2. The number of aromatic hydroxyl groups is 1. The Kier molecular flexibility index (Phi) is 4.49. The van der Waals surface area contributed by atoms with Gasteiger partial charge in [-0.2, -0.15) is 0 Å². The summed E-state index contributed by atoms with van der Waals surface area (Å²) < 4.78 is 0. The Morgan fingerprint density at radius 3 is 2.52 bits per heavy atom. The van der Waals surface area contributed by atoms with Gasteiger partial charge in [0.1, 0.15) is 11.3 Å². The number of nitrogens with one attached hydrogen (secondary N) is 1. The summed E-state index contributed by atoms with van der Waals surface area (Å²) in [7, 11) is 0. The predicted octanol–water partition coefficient (Wildman–Crippen LogP) is 3.85. The topological polar surface area (TPSA) is 75.1 Å². The van der Waals surface area contributed by atoms with E-state index in [-0.39, 0.29) is 11.7 Å². The fraction of sp³-hybridized carbons (Fsp3) is 0.0455. The van der Waals surface area contributed by atoms with E-state index in [1.807, 2.05) is 48.5 Å². The summed E-state index contributed by atoms with van der Waals surface area (Å²) in [6, 6.07) is 19.5. The molecule has 4 rings (SSSR count). The van der Waals surface area contributed by atoms with E-state index in [4.69, 9.17) is 0 Å². The smallest absolute Gasteiger partial charge is 0.252 e. The third-order valence-corrected chi connectivity index (χ3v) is 4.42. The molecule has 0 radical (unpaired) electrons. The number of hydrogen-bond donors (Lipinski definition) is 2. The van der Waals surface area contributed by atoms with Gasteiger partial charge in [-0.15, -0.1) is 0 Å². The van der Waals surface area contributed by atoms with Crippen molar-refractivity contribution < 1.29 is 9.90 Å². The van der Waals surface area contributed by atoms with Gasteiger partial charge in [-0.3, -0.25) is 14.8 Å². The van der Waals surface area contributed by atoms with Crippen LogP contribution in [-0.4, -0.2) is 21.0 Å².